The van der Waals surface area contributed by atoms with E-state index in [1.807, 2.05) is 48.5 Å². The molecule has 1 unspecified atom stereocenters. The summed E-state index contributed by atoms with van der Waals surface area (Å²) in [6, 6.07) is 24.1. The molecule has 3 aromatic carbocycles. The second-order valence-corrected chi connectivity index (χ2v) is 7.54. The Balaban J connectivity index is 1.37. The van der Waals surface area contributed by atoms with Crippen molar-refractivity contribution in [3.8, 4) is 11.1 Å². The van der Waals surface area contributed by atoms with Gasteiger partial charge < -0.3 is 10.1 Å². The first kappa shape index (κ1) is 22.0. The lowest BCUT2D eigenvalue weighted by atomic mass is 10.0. The molecule has 0 aliphatic heterocycles. The summed E-state index contributed by atoms with van der Waals surface area (Å²) in [5.74, 6) is -1.01. The molecule has 166 valence electrons. The molecular formula is C26H23N3O4. The summed E-state index contributed by atoms with van der Waals surface area (Å²) in [4.78, 5) is 41.7. The number of rotatable bonds is 7. The van der Waals surface area contributed by atoms with Crippen LogP contribution in [0.4, 0.5) is 5.69 Å². The van der Waals surface area contributed by atoms with Crippen LogP contribution in [0.15, 0.2) is 90.0 Å². The van der Waals surface area contributed by atoms with Crippen LogP contribution in [-0.4, -0.2) is 27.5 Å². The fourth-order valence-electron chi connectivity index (χ4n) is 3.48. The molecule has 0 saturated heterocycles. The summed E-state index contributed by atoms with van der Waals surface area (Å²) in [6.45, 7) is 1.63. The van der Waals surface area contributed by atoms with Crippen LogP contribution in [0.2, 0.25) is 0 Å². The molecule has 1 heterocycles. The molecule has 0 fully saturated rings. The van der Waals surface area contributed by atoms with Crippen LogP contribution >= 0.6 is 0 Å². The van der Waals surface area contributed by atoms with E-state index in [9.17, 15) is 14.4 Å². The van der Waals surface area contributed by atoms with Crippen LogP contribution in [0.25, 0.3) is 22.0 Å². The number of hydrogen-bond donors (Lipinski definition) is 1. The summed E-state index contributed by atoms with van der Waals surface area (Å²) in [7, 11) is 0. The minimum Gasteiger partial charge on any atom is -0.452 e. The Kier molecular flexibility index (Phi) is 6.59. The maximum Gasteiger partial charge on any atom is 0.308 e. The Bertz CT molecular complexity index is 1350. The maximum absolute atomic E-state index is 12.7. The molecule has 7 heteroatoms. The number of aryl methyl sites for hydroxylation is 1. The molecule has 0 bridgehead atoms. The van der Waals surface area contributed by atoms with Crippen molar-refractivity contribution >= 4 is 28.5 Å². The lowest BCUT2D eigenvalue weighted by Gasteiger charge is -2.16. The first-order valence-electron chi connectivity index (χ1n) is 10.6. The molecular weight excluding hydrogens is 418 g/mol. The molecule has 1 atom stereocenters. The van der Waals surface area contributed by atoms with Crippen molar-refractivity contribution in [3.05, 3.63) is 95.5 Å². The Morgan fingerprint density at radius 1 is 0.970 bits per heavy atom. The third kappa shape index (κ3) is 5.15. The summed E-state index contributed by atoms with van der Waals surface area (Å²) in [5.41, 5.74) is 2.84. The number of nitrogens with one attached hydrogen (secondary N) is 1. The number of nitrogens with zero attached hydrogens (tertiary/aromatic N) is 2. The third-order valence-corrected chi connectivity index (χ3v) is 5.24. The number of para-hydroxylation sites is 2. The molecule has 0 aliphatic rings. The zero-order valence-electron chi connectivity index (χ0n) is 18.1. The van der Waals surface area contributed by atoms with Crippen molar-refractivity contribution in [1.82, 2.24) is 9.55 Å². The molecule has 7 nitrogen and oxygen atoms in total. The van der Waals surface area contributed by atoms with E-state index in [4.69, 9.17) is 4.74 Å². The van der Waals surface area contributed by atoms with E-state index in [-0.39, 0.29) is 18.5 Å². The standard InChI is InChI=1S/C26H23N3O4/c1-18(25(31)28-23-14-8-5-11-20(23)19-9-3-2-4-10-19)33-24(30)15-16-29-17-27-22-13-7-6-12-21(22)26(29)32/h2-14,17-18H,15-16H2,1H3,(H,28,31). The van der Waals surface area contributed by atoms with Crippen molar-refractivity contribution in [3.63, 3.8) is 0 Å². The van der Waals surface area contributed by atoms with Gasteiger partial charge in [-0.25, -0.2) is 4.98 Å². The molecule has 0 spiro atoms. The van der Waals surface area contributed by atoms with Gasteiger partial charge in [-0.3, -0.25) is 19.0 Å². The largest absolute Gasteiger partial charge is 0.452 e. The molecule has 1 N–H and O–H groups in total. The minimum atomic E-state index is -0.993. The highest BCUT2D eigenvalue weighted by Gasteiger charge is 2.19. The van der Waals surface area contributed by atoms with Crippen molar-refractivity contribution in [2.75, 3.05) is 5.32 Å². The number of carbonyl (C=O) groups is 2. The Morgan fingerprint density at radius 3 is 2.48 bits per heavy atom. The van der Waals surface area contributed by atoms with E-state index < -0.39 is 18.0 Å². The van der Waals surface area contributed by atoms with Crippen LogP contribution in [-0.2, 0) is 20.9 Å². The number of aromatic nitrogens is 2. The van der Waals surface area contributed by atoms with Crippen molar-refractivity contribution < 1.29 is 14.3 Å². The van der Waals surface area contributed by atoms with E-state index in [2.05, 4.69) is 10.3 Å². The zero-order chi connectivity index (χ0) is 23.2. The van der Waals surface area contributed by atoms with Gasteiger partial charge in [-0.2, -0.15) is 0 Å². The lowest BCUT2D eigenvalue weighted by Crippen LogP contribution is -2.31. The van der Waals surface area contributed by atoms with Gasteiger partial charge >= 0.3 is 5.97 Å². The van der Waals surface area contributed by atoms with Gasteiger partial charge in [0.25, 0.3) is 11.5 Å². The second-order valence-electron chi connectivity index (χ2n) is 7.54. The van der Waals surface area contributed by atoms with Gasteiger partial charge in [-0.05, 0) is 30.7 Å². The molecule has 0 saturated carbocycles. The van der Waals surface area contributed by atoms with Crippen molar-refractivity contribution in [2.45, 2.75) is 26.0 Å². The predicted octanol–water partition coefficient (Wildman–Crippen LogP) is 4.02. The number of benzene rings is 3. The minimum absolute atomic E-state index is 0.0574. The maximum atomic E-state index is 12.7. The number of fused-ring (bicyclic) bond motifs is 1. The van der Waals surface area contributed by atoms with E-state index in [0.29, 0.717) is 16.6 Å². The van der Waals surface area contributed by atoms with Crippen LogP contribution in [0.1, 0.15) is 13.3 Å². The Hall–Kier alpha value is -4.26. The number of carbonyl (C=O) groups excluding carboxylic acids is 2. The van der Waals surface area contributed by atoms with Crippen LogP contribution < -0.4 is 10.9 Å². The molecule has 33 heavy (non-hydrogen) atoms. The fourth-order valence-corrected chi connectivity index (χ4v) is 3.48. The quantitative estimate of drug-likeness (QED) is 0.438. The predicted molar refractivity (Wildman–Crippen MR) is 127 cm³/mol. The molecule has 1 aromatic heterocycles. The molecule has 4 aromatic rings. The monoisotopic (exact) mass is 441 g/mol. The number of anilines is 1. The molecule has 0 radical (unpaired) electrons. The van der Waals surface area contributed by atoms with Gasteiger partial charge in [0.05, 0.1) is 23.7 Å². The molecule has 4 rings (SSSR count). The summed E-state index contributed by atoms with van der Waals surface area (Å²) < 4.78 is 6.66. The van der Waals surface area contributed by atoms with Gasteiger partial charge in [0.15, 0.2) is 6.10 Å². The fraction of sp³-hybridized carbons (Fsp3) is 0.154. The van der Waals surface area contributed by atoms with Gasteiger partial charge in [-0.1, -0.05) is 60.7 Å². The van der Waals surface area contributed by atoms with E-state index in [1.54, 1.807) is 30.3 Å². The number of ether oxygens (including phenoxy) is 1. The Labute approximate surface area is 190 Å². The number of esters is 1. The normalized spacial score (nSPS) is 11.7. The number of hydrogen-bond acceptors (Lipinski definition) is 5. The first-order chi connectivity index (χ1) is 16.0. The molecule has 0 aliphatic carbocycles. The average molecular weight is 441 g/mol. The topological polar surface area (TPSA) is 90.3 Å². The van der Waals surface area contributed by atoms with Gasteiger partial charge in [-0.15, -0.1) is 0 Å². The van der Waals surface area contributed by atoms with Crippen molar-refractivity contribution in [1.29, 1.82) is 0 Å². The zero-order valence-corrected chi connectivity index (χ0v) is 18.1. The van der Waals surface area contributed by atoms with Crippen LogP contribution in [0.5, 0.6) is 0 Å². The Morgan fingerprint density at radius 2 is 1.67 bits per heavy atom. The second kappa shape index (κ2) is 9.91. The van der Waals surface area contributed by atoms with Crippen molar-refractivity contribution in [2.24, 2.45) is 0 Å². The molecule has 1 amide bonds. The summed E-state index contributed by atoms with van der Waals surface area (Å²) in [5, 5.41) is 3.32. The van der Waals surface area contributed by atoms with Gasteiger partial charge in [0, 0.05) is 17.8 Å². The lowest BCUT2D eigenvalue weighted by molar-refractivity contribution is -0.153. The van der Waals surface area contributed by atoms with Gasteiger partial charge in [0.1, 0.15) is 0 Å². The van der Waals surface area contributed by atoms with Crippen LogP contribution in [0, 0.1) is 0 Å². The summed E-state index contributed by atoms with van der Waals surface area (Å²) >= 11 is 0. The average Bonchev–Trinajstić information content (AvgIpc) is 2.84. The third-order valence-electron chi connectivity index (χ3n) is 5.24. The highest BCUT2D eigenvalue weighted by Crippen LogP contribution is 2.27. The highest BCUT2D eigenvalue weighted by molar-refractivity contribution is 5.98. The van der Waals surface area contributed by atoms with Crippen LogP contribution in [0.3, 0.4) is 0 Å². The van der Waals surface area contributed by atoms with Gasteiger partial charge in [0.2, 0.25) is 0 Å². The van der Waals surface area contributed by atoms with E-state index >= 15 is 0 Å². The van der Waals surface area contributed by atoms with E-state index in [1.165, 1.54) is 17.8 Å². The smallest absolute Gasteiger partial charge is 0.308 e. The van der Waals surface area contributed by atoms with E-state index in [0.717, 1.165) is 11.1 Å². The summed E-state index contributed by atoms with van der Waals surface area (Å²) in [6.07, 6.45) is 0.361. The number of amides is 1. The first-order valence-corrected chi connectivity index (χ1v) is 10.6. The SMILES string of the molecule is CC(OC(=O)CCn1cnc2ccccc2c1=O)C(=O)Nc1ccccc1-c1ccccc1. The highest BCUT2D eigenvalue weighted by atomic mass is 16.5.